The standard InChI is InChI=1S/C28H37N3O18/c1-11(32)40-9-18-22(23(43-14(4)35)25(45-16(6)37)27(47-18)31-20(39)8-30-29)49-28-26(46-17(7)38)24(44-15(5)36)21(42-13(3)34)19(48-28)10-41-12(2)33/h8,18-19,21-28H,9-10H2,1-7H3,(H,31,39)/t18?,19?,21-,22-,23-,24-,25?,26?,27+,28-/m0/s1. The molecule has 0 aromatic carbocycles. The van der Waals surface area contributed by atoms with Crippen LogP contribution < -0.4 is 5.32 Å². The van der Waals surface area contributed by atoms with E-state index in [1.54, 1.807) is 0 Å². The van der Waals surface area contributed by atoms with Gasteiger partial charge in [0.25, 0.3) is 0 Å². The van der Waals surface area contributed by atoms with Crippen LogP contribution in [0.15, 0.2) is 0 Å². The van der Waals surface area contributed by atoms with Crippen molar-refractivity contribution in [1.29, 1.82) is 0 Å². The summed E-state index contributed by atoms with van der Waals surface area (Å²) in [5.41, 5.74) is 8.79. The molecular weight excluding hydrogens is 666 g/mol. The average molecular weight is 704 g/mol. The van der Waals surface area contributed by atoms with Crippen LogP contribution in [0.3, 0.4) is 0 Å². The van der Waals surface area contributed by atoms with Gasteiger partial charge in [0, 0.05) is 48.5 Å². The van der Waals surface area contributed by atoms with Crippen molar-refractivity contribution < 1.29 is 90.5 Å². The van der Waals surface area contributed by atoms with E-state index < -0.39 is 122 Å². The first-order valence-electron chi connectivity index (χ1n) is 14.5. The first-order chi connectivity index (χ1) is 22.9. The second-order valence-corrected chi connectivity index (χ2v) is 10.5. The van der Waals surface area contributed by atoms with Crippen LogP contribution in [0.2, 0.25) is 0 Å². The van der Waals surface area contributed by atoms with Crippen LogP contribution in [0.4, 0.5) is 0 Å². The first-order valence-corrected chi connectivity index (χ1v) is 14.5. The molecule has 21 nitrogen and oxygen atoms in total. The number of ether oxygens (including phenoxy) is 10. The second kappa shape index (κ2) is 18.5. The van der Waals surface area contributed by atoms with Crippen LogP contribution in [0.5, 0.6) is 0 Å². The lowest BCUT2D eigenvalue weighted by atomic mass is 9.95. The predicted octanol–water partition coefficient (Wildman–Crippen LogP) is -1.98. The molecule has 21 heteroatoms. The fraction of sp³-hybridized carbons (Fsp3) is 0.679. The number of carbonyl (C=O) groups excluding carboxylic acids is 8. The Balaban J connectivity index is 2.75. The summed E-state index contributed by atoms with van der Waals surface area (Å²) in [5.74, 6) is -7.35. The molecule has 2 heterocycles. The highest BCUT2D eigenvalue weighted by Gasteiger charge is 2.57. The van der Waals surface area contributed by atoms with E-state index in [9.17, 15) is 38.4 Å². The van der Waals surface area contributed by atoms with Crippen LogP contribution in [0.1, 0.15) is 48.5 Å². The topological polar surface area (TPSA) is 277 Å². The van der Waals surface area contributed by atoms with E-state index in [4.69, 9.17) is 52.9 Å². The van der Waals surface area contributed by atoms with Crippen molar-refractivity contribution in [3.05, 3.63) is 5.53 Å². The molecule has 49 heavy (non-hydrogen) atoms. The number of amides is 1. The first kappa shape index (κ1) is 40.2. The Labute approximate surface area is 278 Å². The zero-order valence-corrected chi connectivity index (χ0v) is 27.5. The van der Waals surface area contributed by atoms with Crippen molar-refractivity contribution in [1.82, 2.24) is 5.32 Å². The van der Waals surface area contributed by atoms with Crippen LogP contribution in [0, 0.1) is 0 Å². The third-order valence-corrected chi connectivity index (χ3v) is 6.39. The largest absolute Gasteiger partial charge is 0.463 e. The Morgan fingerprint density at radius 3 is 1.43 bits per heavy atom. The van der Waals surface area contributed by atoms with Crippen molar-refractivity contribution in [2.75, 3.05) is 13.2 Å². The molecule has 2 aliphatic rings. The molecule has 0 saturated carbocycles. The molecule has 2 rings (SSSR count). The van der Waals surface area contributed by atoms with Gasteiger partial charge >= 0.3 is 53.9 Å². The number of nitrogens with zero attached hydrogens (tertiary/aromatic N) is 2. The van der Waals surface area contributed by atoms with Crippen molar-refractivity contribution in [3.63, 3.8) is 0 Å². The molecule has 2 aliphatic heterocycles. The smallest absolute Gasteiger partial charge is 0.344 e. The Bertz CT molecular complexity index is 1330. The van der Waals surface area contributed by atoms with Crippen LogP contribution in [-0.4, -0.2) is 133 Å². The van der Waals surface area contributed by atoms with Gasteiger partial charge < -0.3 is 58.2 Å². The summed E-state index contributed by atoms with van der Waals surface area (Å²) in [6.07, 6.45) is -16.1. The maximum Gasteiger partial charge on any atom is 0.344 e. The van der Waals surface area contributed by atoms with Gasteiger partial charge in [-0.1, -0.05) is 0 Å². The second-order valence-electron chi connectivity index (χ2n) is 10.5. The SMILES string of the molecule is CC(=O)OCC1O[C@@H](O[C@H]2C(COC(C)=O)O[C@@H](NC(=O)C=[N+]=[N-])C(OC(C)=O)[C@H]2OC(C)=O)C(OC(C)=O)[C@@H](OC(C)=O)[C@H]1OC(C)=O. The van der Waals surface area contributed by atoms with Crippen molar-refractivity contribution in [2.45, 2.75) is 110 Å². The number of hydrogen-bond acceptors (Lipinski definition) is 18. The van der Waals surface area contributed by atoms with Gasteiger partial charge in [0.1, 0.15) is 31.5 Å². The highest BCUT2D eigenvalue weighted by Crippen LogP contribution is 2.35. The number of hydrogen-bond donors (Lipinski definition) is 1. The predicted molar refractivity (Wildman–Crippen MR) is 151 cm³/mol. The van der Waals surface area contributed by atoms with Crippen molar-refractivity contribution in [3.8, 4) is 0 Å². The van der Waals surface area contributed by atoms with Crippen LogP contribution in [-0.2, 0) is 85.7 Å². The minimum Gasteiger partial charge on any atom is -0.463 e. The van der Waals surface area contributed by atoms with Gasteiger partial charge in [-0.25, -0.2) is 0 Å². The monoisotopic (exact) mass is 703 g/mol. The van der Waals surface area contributed by atoms with E-state index >= 15 is 0 Å². The molecule has 0 radical (unpaired) electrons. The molecule has 10 atom stereocenters. The van der Waals surface area contributed by atoms with Gasteiger partial charge in [0.05, 0.1) is 0 Å². The summed E-state index contributed by atoms with van der Waals surface area (Å²) in [7, 11) is 0. The fourth-order valence-electron chi connectivity index (χ4n) is 4.86. The summed E-state index contributed by atoms with van der Waals surface area (Å²) in [4.78, 5) is 99.6. The normalized spacial score (nSPS) is 29.0. The Morgan fingerprint density at radius 1 is 0.571 bits per heavy atom. The number of nitrogens with one attached hydrogen (secondary N) is 1. The van der Waals surface area contributed by atoms with E-state index in [-0.39, 0.29) is 0 Å². The maximum atomic E-state index is 12.4. The molecule has 0 bridgehead atoms. The van der Waals surface area contributed by atoms with Gasteiger partial charge in [-0.3, -0.25) is 38.4 Å². The third-order valence-electron chi connectivity index (χ3n) is 6.39. The summed E-state index contributed by atoms with van der Waals surface area (Å²) in [6, 6.07) is 0. The summed E-state index contributed by atoms with van der Waals surface area (Å²) in [5, 5.41) is 2.25. The molecule has 0 aromatic rings. The highest BCUT2D eigenvalue weighted by molar-refractivity contribution is 6.23. The van der Waals surface area contributed by atoms with Crippen molar-refractivity contribution in [2.24, 2.45) is 0 Å². The van der Waals surface area contributed by atoms with Crippen LogP contribution >= 0.6 is 0 Å². The molecule has 0 spiro atoms. The Morgan fingerprint density at radius 2 is 0.980 bits per heavy atom. The molecule has 0 aromatic heterocycles. The zero-order valence-electron chi connectivity index (χ0n) is 27.5. The molecule has 2 fully saturated rings. The summed E-state index contributed by atoms with van der Waals surface area (Å²) in [6.45, 7) is 5.85. The van der Waals surface area contributed by atoms with Crippen LogP contribution in [0.25, 0.3) is 5.53 Å². The van der Waals surface area contributed by atoms with E-state index in [0.29, 0.717) is 6.21 Å². The van der Waals surface area contributed by atoms with E-state index in [1.165, 1.54) is 0 Å². The number of esters is 7. The van der Waals surface area contributed by atoms with Gasteiger partial charge in [-0.2, -0.15) is 4.79 Å². The number of carbonyl (C=O) groups is 8. The zero-order chi connectivity index (χ0) is 37.0. The van der Waals surface area contributed by atoms with E-state index in [1.807, 2.05) is 0 Å². The quantitative estimate of drug-likeness (QED) is 0.0715. The van der Waals surface area contributed by atoms with Gasteiger partial charge in [-0.05, 0) is 0 Å². The maximum absolute atomic E-state index is 12.4. The lowest BCUT2D eigenvalue weighted by Gasteiger charge is -2.48. The lowest BCUT2D eigenvalue weighted by molar-refractivity contribution is -0.345. The Kier molecular flexibility index (Phi) is 15.2. The highest BCUT2D eigenvalue weighted by atomic mass is 16.8. The number of rotatable bonds is 13. The molecular formula is C28H37N3O18. The van der Waals surface area contributed by atoms with E-state index in [0.717, 1.165) is 48.5 Å². The molecule has 0 aliphatic carbocycles. The van der Waals surface area contributed by atoms with E-state index in [2.05, 4.69) is 10.1 Å². The third kappa shape index (κ3) is 12.5. The lowest BCUT2D eigenvalue weighted by Crippen LogP contribution is -2.69. The molecule has 1 amide bonds. The molecule has 4 unspecified atom stereocenters. The Hall–Kier alpha value is -4.98. The van der Waals surface area contributed by atoms with Gasteiger partial charge in [0.2, 0.25) is 0 Å². The molecule has 1 N–H and O–H groups in total. The minimum absolute atomic E-state index is 0.441. The van der Waals surface area contributed by atoms with Gasteiger partial charge in [-0.15, -0.1) is 0 Å². The minimum atomic E-state index is -1.86. The summed E-state index contributed by atoms with van der Waals surface area (Å²) >= 11 is 0. The fourth-order valence-corrected chi connectivity index (χ4v) is 4.86. The van der Waals surface area contributed by atoms with Crippen molar-refractivity contribution >= 4 is 53.9 Å². The molecule has 272 valence electrons. The summed E-state index contributed by atoms with van der Waals surface area (Å²) < 4.78 is 55.2. The van der Waals surface area contributed by atoms with Gasteiger partial charge in [0.15, 0.2) is 43.0 Å². The molecule has 2 saturated heterocycles. The average Bonchev–Trinajstić information content (AvgIpc) is 2.95.